The van der Waals surface area contributed by atoms with E-state index in [-0.39, 0.29) is 22.6 Å². The number of carbonyl (C=O) groups is 2. The normalized spacial score (nSPS) is 18.2. The average molecular weight is 961 g/mol. The summed E-state index contributed by atoms with van der Waals surface area (Å²) in [5.74, 6) is -1.67. The van der Waals surface area contributed by atoms with Gasteiger partial charge in [-0.1, -0.05) is 44.2 Å². The van der Waals surface area contributed by atoms with Gasteiger partial charge in [0.05, 0.1) is 15.2 Å². The number of carboxylic acids is 2. The van der Waals surface area contributed by atoms with Crippen molar-refractivity contribution < 1.29 is 50.3 Å². The summed E-state index contributed by atoms with van der Waals surface area (Å²) in [6, 6.07) is 17.8. The van der Waals surface area contributed by atoms with Crippen molar-refractivity contribution in [2.75, 3.05) is 37.0 Å². The fraction of sp³-hybridized carbons (Fsp3) is 0.420. The van der Waals surface area contributed by atoms with Crippen molar-refractivity contribution in [1.82, 2.24) is 0 Å². The van der Waals surface area contributed by atoms with Gasteiger partial charge in [-0.2, -0.15) is 21.4 Å². The van der Waals surface area contributed by atoms with Crippen LogP contribution in [0.3, 0.4) is 0 Å². The first kappa shape index (κ1) is 50.4. The molecule has 0 saturated carbocycles. The summed E-state index contributed by atoms with van der Waals surface area (Å²) in [6.45, 7) is 9.32. The fourth-order valence-corrected chi connectivity index (χ4v) is 11.3. The third-order valence-electron chi connectivity index (χ3n) is 12.8. The molecule has 1 aliphatic carbocycles. The Balaban J connectivity index is 1.46. The van der Waals surface area contributed by atoms with Gasteiger partial charge in [-0.25, -0.2) is 0 Å². The van der Waals surface area contributed by atoms with Gasteiger partial charge in [0.15, 0.2) is 5.71 Å². The van der Waals surface area contributed by atoms with Crippen LogP contribution in [-0.4, -0.2) is 85.6 Å². The lowest BCUT2D eigenvalue weighted by Crippen LogP contribution is -2.28. The van der Waals surface area contributed by atoms with Gasteiger partial charge in [0.25, 0.3) is 20.2 Å². The summed E-state index contributed by atoms with van der Waals surface area (Å²) in [4.78, 5) is 28.5. The van der Waals surface area contributed by atoms with Gasteiger partial charge in [0.2, 0.25) is 5.69 Å². The van der Waals surface area contributed by atoms with Gasteiger partial charge in [-0.05, 0) is 136 Å². The number of carboxylic acid groups (broad SMARTS) is 2. The maximum Gasteiger partial charge on any atom is 0.303 e. The minimum atomic E-state index is -4.46. The van der Waals surface area contributed by atoms with Gasteiger partial charge in [-0.3, -0.25) is 18.7 Å². The van der Waals surface area contributed by atoms with Crippen LogP contribution in [-0.2, 0) is 40.7 Å². The minimum Gasteiger partial charge on any atom is -0.481 e. The number of hydrogen-bond donors (Lipinski definition) is 4. The molecule has 354 valence electrons. The van der Waals surface area contributed by atoms with Gasteiger partial charge in [0, 0.05) is 89.9 Å². The minimum absolute atomic E-state index is 0.0846. The Bertz CT molecular complexity index is 2750. The van der Waals surface area contributed by atoms with Crippen molar-refractivity contribution in [3.8, 4) is 0 Å². The van der Waals surface area contributed by atoms with Crippen LogP contribution in [0.5, 0.6) is 0 Å². The molecule has 3 aliphatic rings. The van der Waals surface area contributed by atoms with Crippen molar-refractivity contribution in [2.24, 2.45) is 0 Å². The van der Waals surface area contributed by atoms with Crippen molar-refractivity contribution in [3.63, 3.8) is 0 Å². The van der Waals surface area contributed by atoms with E-state index in [9.17, 15) is 45.7 Å². The molecule has 0 saturated heterocycles. The monoisotopic (exact) mass is 960 g/mol. The number of fused-ring (bicyclic) bond motifs is 2. The number of allylic oxidation sites excluding steroid dienone is 7. The van der Waals surface area contributed by atoms with E-state index in [1.165, 1.54) is 12.1 Å². The number of hydrogen-bond acceptors (Lipinski definition) is 9. The first-order valence-electron chi connectivity index (χ1n) is 22.4. The number of aliphatic carboxylic acids is 2. The van der Waals surface area contributed by atoms with E-state index in [1.807, 2.05) is 46.7 Å². The molecule has 16 heteroatoms. The summed E-state index contributed by atoms with van der Waals surface area (Å²) in [7, 11) is -4.92. The first-order valence-corrected chi connectivity index (χ1v) is 26.1. The highest BCUT2D eigenvalue weighted by molar-refractivity contribution is 8.03. The summed E-state index contributed by atoms with van der Waals surface area (Å²) in [6.07, 6.45) is 15.1. The van der Waals surface area contributed by atoms with E-state index < -0.39 is 43.0 Å². The van der Waals surface area contributed by atoms with Gasteiger partial charge in [0.1, 0.15) is 6.54 Å². The zero-order chi connectivity index (χ0) is 48.2. The van der Waals surface area contributed by atoms with Crippen LogP contribution in [0, 0.1) is 0 Å². The highest BCUT2D eigenvalue weighted by Gasteiger charge is 2.45. The van der Waals surface area contributed by atoms with Crippen LogP contribution in [0.1, 0.15) is 109 Å². The molecule has 3 aromatic carbocycles. The molecule has 0 unspecified atom stereocenters. The van der Waals surface area contributed by atoms with Crippen molar-refractivity contribution in [2.45, 2.75) is 124 Å². The van der Waals surface area contributed by atoms with Crippen LogP contribution in [0.4, 0.5) is 17.1 Å². The van der Waals surface area contributed by atoms with E-state index in [2.05, 4.69) is 58.0 Å². The Morgan fingerprint density at radius 3 is 1.95 bits per heavy atom. The quantitative estimate of drug-likeness (QED) is 0.0475. The molecule has 13 nitrogen and oxygen atoms in total. The molecule has 2 heterocycles. The van der Waals surface area contributed by atoms with Crippen molar-refractivity contribution in [1.29, 1.82) is 0 Å². The molecule has 6 rings (SSSR count). The van der Waals surface area contributed by atoms with Crippen LogP contribution in [0.25, 0.3) is 0 Å². The Kier molecular flexibility index (Phi) is 15.6. The summed E-state index contributed by atoms with van der Waals surface area (Å²) >= 11 is 1.69. The summed E-state index contributed by atoms with van der Waals surface area (Å²) in [5.41, 5.74) is 7.08. The molecule has 0 amide bonds. The first-order chi connectivity index (χ1) is 31.0. The van der Waals surface area contributed by atoms with E-state index in [0.29, 0.717) is 51.6 Å². The van der Waals surface area contributed by atoms with E-state index >= 15 is 0 Å². The number of benzene rings is 3. The lowest BCUT2D eigenvalue weighted by Gasteiger charge is -2.27. The highest BCUT2D eigenvalue weighted by atomic mass is 32.2. The molecule has 66 heavy (non-hydrogen) atoms. The third kappa shape index (κ3) is 11.6. The molecule has 3 aromatic rings. The maximum atomic E-state index is 12.3. The zero-order valence-corrected chi connectivity index (χ0v) is 41.0. The third-order valence-corrected chi connectivity index (χ3v) is 15.7. The second-order valence-corrected chi connectivity index (χ2v) is 22.4. The number of nitrogens with zero attached hydrogens (tertiary/aromatic N) is 3. The highest BCUT2D eigenvalue weighted by Crippen LogP contribution is 2.50. The molecule has 0 atom stereocenters. The maximum absolute atomic E-state index is 12.3. The molecule has 0 spiro atoms. The summed E-state index contributed by atoms with van der Waals surface area (Å²) < 4.78 is 71.4. The van der Waals surface area contributed by atoms with Crippen molar-refractivity contribution in [3.05, 3.63) is 118 Å². The summed E-state index contributed by atoms with van der Waals surface area (Å²) in [5, 5.41) is 18.4. The van der Waals surface area contributed by atoms with E-state index in [4.69, 9.17) is 0 Å². The Morgan fingerprint density at radius 2 is 1.35 bits per heavy atom. The predicted molar refractivity (Wildman–Crippen MR) is 261 cm³/mol. The van der Waals surface area contributed by atoms with Crippen LogP contribution in [0.2, 0.25) is 0 Å². The lowest BCUT2D eigenvalue weighted by atomic mass is 9.81. The van der Waals surface area contributed by atoms with Crippen LogP contribution in [0.15, 0.2) is 121 Å². The molecule has 0 bridgehead atoms. The molecule has 0 aromatic heterocycles. The second-order valence-electron chi connectivity index (χ2n) is 18.4. The molecule has 2 aliphatic heterocycles. The Hall–Kier alpha value is -5.00. The number of unbranched alkanes of at least 4 members (excludes halogenated alkanes) is 4. The molecule has 4 N–H and O–H groups in total. The van der Waals surface area contributed by atoms with Gasteiger partial charge in [-0.15, -0.1) is 0 Å². The van der Waals surface area contributed by atoms with Gasteiger partial charge >= 0.3 is 11.9 Å². The van der Waals surface area contributed by atoms with Crippen molar-refractivity contribution >= 4 is 66.7 Å². The molecule has 0 radical (unpaired) electrons. The Morgan fingerprint density at radius 1 is 0.742 bits per heavy atom. The van der Waals surface area contributed by atoms with Gasteiger partial charge < -0.3 is 20.0 Å². The number of thioether (sulfide) groups is 1. The molecular weight excluding hydrogens is 899 g/mol. The van der Waals surface area contributed by atoms with Crippen LogP contribution >= 0.6 is 11.8 Å². The second kappa shape index (κ2) is 20.5. The topological polar surface area (TPSA) is 193 Å². The predicted octanol–water partition coefficient (Wildman–Crippen LogP) is 10.3. The number of rotatable bonds is 20. The average Bonchev–Trinajstić information content (AvgIpc) is 3.58. The lowest BCUT2D eigenvalue weighted by molar-refractivity contribution is -0.438. The molecular formula is C50H62N3O10S3+. The van der Waals surface area contributed by atoms with E-state index in [1.54, 1.807) is 36.0 Å². The largest absolute Gasteiger partial charge is 0.481 e. The standard InChI is InChI=1S/C50H61N3O10S3/c1-49(2)40-32-38(65(58,59)60)24-26-42(40)52(30-11-7-9-16-46(54)55)44(49)28-18-34-14-13-15-35(48(34)64-37-22-20-36(21-23-37)51(5)6)19-29-45-50(3,4)41-33-39(66(61,62)63)25-27-43(41)53(45)31-12-8-10-17-47(56)57/h18-29,32-33H,7-17,30-31H2,1-6H3,(H3-,54,55,56,57,58,59,60,61,62,63)/p+1. The molecule has 0 fully saturated rings. The SMILES string of the molecule is CN(C)c1ccc(SC2=C(/C=C/C3=[N+](CCCCCC(=O)O)c4ccc(S(=O)(=O)O)cc4C3(C)C)CCC/C2=C\C=C2\N(CCCCCC(=O)O)c3ccc(S(=O)(=O)O)cc3C2(C)C)cc1. The Labute approximate surface area is 393 Å². The van der Waals surface area contributed by atoms with E-state index in [0.717, 1.165) is 79.8 Å². The van der Waals surface area contributed by atoms with Crippen LogP contribution < -0.4 is 9.80 Å². The number of anilines is 2. The zero-order valence-electron chi connectivity index (χ0n) is 38.6. The fourth-order valence-electron chi connectivity index (χ4n) is 9.20. The smallest absolute Gasteiger partial charge is 0.303 e.